The molecule has 0 aliphatic rings. The fraction of sp³-hybridized carbons (Fsp3) is 0. The zero-order chi connectivity index (χ0) is 28.2. The molecule has 0 amide bonds. The van der Waals surface area contributed by atoms with Gasteiger partial charge in [-0.15, -0.1) is 20.5 Å². The Morgan fingerprint density at radius 3 is 1.48 bits per heavy atom. The summed E-state index contributed by atoms with van der Waals surface area (Å²) in [6.45, 7) is 0. The molecule has 0 spiro atoms. The molecule has 4 aromatic rings. The molecule has 0 fully saturated rings. The van der Waals surface area contributed by atoms with Gasteiger partial charge in [0.1, 0.15) is 32.9 Å². The number of hydrogen-bond acceptors (Lipinski definition) is 14. The number of nitrogens with two attached hydrogens (primary N) is 5. The van der Waals surface area contributed by atoms with Crippen LogP contribution in [-0.2, 0) is 10.1 Å². The van der Waals surface area contributed by atoms with Crippen molar-refractivity contribution in [3.8, 4) is 0 Å². The Morgan fingerprint density at radius 2 is 0.975 bits per heavy atom. The van der Waals surface area contributed by atoms with Gasteiger partial charge in [-0.1, -0.05) is 6.07 Å². The molecule has 0 unspecified atom stereocenters. The van der Waals surface area contributed by atoms with Crippen molar-refractivity contribution in [1.29, 1.82) is 0 Å². The van der Waals surface area contributed by atoms with E-state index in [1.165, 1.54) is 18.2 Å². The Bertz CT molecular complexity index is 1760. The number of azo groups is 3. The van der Waals surface area contributed by atoms with E-state index in [4.69, 9.17) is 28.7 Å². The number of nitrogens with zero attached hydrogens (tertiary/aromatic N) is 6. The molecule has 198 valence electrons. The molecule has 10 N–H and O–H groups in total. The average molecular weight is 568 g/mol. The van der Waals surface area contributed by atoms with Crippen LogP contribution in [0.1, 0.15) is 0 Å². The first-order chi connectivity index (χ1) is 18.5. The molecule has 0 saturated heterocycles. The van der Waals surface area contributed by atoms with Gasteiger partial charge in [0.05, 0.1) is 33.3 Å². The van der Waals surface area contributed by atoms with Crippen molar-refractivity contribution in [2.24, 2.45) is 30.7 Å². The van der Waals surface area contributed by atoms with Crippen LogP contribution in [0.15, 0.2) is 108 Å². The molecule has 16 heteroatoms. The van der Waals surface area contributed by atoms with E-state index in [0.29, 0.717) is 34.1 Å². The maximum absolute atomic E-state index is 11.9. The van der Waals surface area contributed by atoms with Crippen LogP contribution in [0.3, 0.4) is 0 Å². The van der Waals surface area contributed by atoms with E-state index in [1.807, 2.05) is 0 Å². The molecule has 4 rings (SSSR count). The first-order valence-electron chi connectivity index (χ1n) is 11.0. The molecule has 0 bridgehead atoms. The molecule has 14 nitrogen and oxygen atoms in total. The van der Waals surface area contributed by atoms with E-state index >= 15 is 0 Å². The van der Waals surface area contributed by atoms with E-state index < -0.39 is 15.0 Å². The van der Waals surface area contributed by atoms with Crippen molar-refractivity contribution >= 4 is 72.7 Å². The van der Waals surface area contributed by atoms with Gasteiger partial charge in [0.25, 0.3) is 0 Å². The Kier molecular flexibility index (Phi) is 9.51. The molecule has 0 heterocycles. The van der Waals surface area contributed by atoms with Gasteiger partial charge in [-0.25, -0.2) is 8.42 Å². The molecular formula is C24H22N11NaO3S. The topological polar surface area (TPSA) is 261 Å². The number of benzene rings is 4. The van der Waals surface area contributed by atoms with E-state index in [1.54, 1.807) is 42.5 Å². The largest absolute Gasteiger partial charge is 1.00 e. The number of nitrogen functional groups attached to an aromatic ring is 5. The molecule has 0 saturated carbocycles. The van der Waals surface area contributed by atoms with Crippen LogP contribution in [0.5, 0.6) is 0 Å². The molecule has 4 aromatic carbocycles. The summed E-state index contributed by atoms with van der Waals surface area (Å²) in [7, 11) is -4.98. The summed E-state index contributed by atoms with van der Waals surface area (Å²) in [6, 6.07) is 18.0. The van der Waals surface area contributed by atoms with Crippen molar-refractivity contribution < 1.29 is 42.5 Å². The van der Waals surface area contributed by atoms with Crippen LogP contribution < -0.4 is 58.2 Å². The summed E-state index contributed by atoms with van der Waals surface area (Å²) in [4.78, 5) is -0.688. The minimum Gasteiger partial charge on any atom is -0.744 e. The summed E-state index contributed by atoms with van der Waals surface area (Å²) in [6.07, 6.45) is 0. The van der Waals surface area contributed by atoms with E-state index in [0.717, 1.165) is 12.1 Å². The van der Waals surface area contributed by atoms with E-state index in [9.17, 15) is 13.0 Å². The quantitative estimate of drug-likeness (QED) is 0.0956. The molecule has 0 radical (unpaired) electrons. The molecule has 0 aliphatic carbocycles. The third kappa shape index (κ3) is 7.58. The molecule has 0 atom stereocenters. The van der Waals surface area contributed by atoms with Gasteiger partial charge >= 0.3 is 29.6 Å². The van der Waals surface area contributed by atoms with Gasteiger partial charge in [-0.2, -0.15) is 10.2 Å². The second-order valence-electron chi connectivity index (χ2n) is 8.09. The Hall–Kier alpha value is -4.41. The van der Waals surface area contributed by atoms with Crippen LogP contribution in [-0.4, -0.2) is 13.0 Å². The van der Waals surface area contributed by atoms with Crippen LogP contribution in [0.25, 0.3) is 0 Å². The minimum atomic E-state index is -4.98. The van der Waals surface area contributed by atoms with Crippen molar-refractivity contribution in [1.82, 2.24) is 0 Å². The molecule has 0 aromatic heterocycles. The van der Waals surface area contributed by atoms with Gasteiger partial charge in [-0.05, 0) is 66.7 Å². The SMILES string of the molecule is Nc1ccc(N=Nc2cccc(N=Nc3cc(S(=O)(=O)[O-])c(N=Nc4ccc(N)cc4N)cc3N)c2)c(N)c1.[Na+]. The van der Waals surface area contributed by atoms with E-state index in [-0.39, 0.29) is 58.0 Å². The van der Waals surface area contributed by atoms with Gasteiger partial charge in [0, 0.05) is 11.4 Å². The Morgan fingerprint density at radius 1 is 0.525 bits per heavy atom. The summed E-state index contributed by atoms with van der Waals surface area (Å²) in [5.74, 6) is 0. The fourth-order valence-corrected chi connectivity index (χ4v) is 3.83. The Balaban J connectivity index is 0.00000441. The molecule has 40 heavy (non-hydrogen) atoms. The normalized spacial score (nSPS) is 11.8. The average Bonchev–Trinajstić information content (AvgIpc) is 2.86. The van der Waals surface area contributed by atoms with Gasteiger partial charge in [0.15, 0.2) is 0 Å². The standard InChI is InChI=1S/C24H23N11O3S.Na/c25-13-4-6-20(17(27)8-13)32-30-15-2-1-3-16(10-15)31-34-22-12-24(39(36,37)38)23(11-19(22)29)35-33-21-7-5-14(26)9-18(21)28;/h1-12H,25-29H2,(H,36,37,38);/q;+1/p-1. The smallest absolute Gasteiger partial charge is 0.744 e. The third-order valence-corrected chi connectivity index (χ3v) is 5.99. The summed E-state index contributed by atoms with van der Waals surface area (Å²) in [5, 5.41) is 24.1. The Labute approximate surface area is 251 Å². The molecule has 0 aliphatic heterocycles. The molecular weight excluding hydrogens is 545 g/mol. The first kappa shape index (κ1) is 30.1. The maximum Gasteiger partial charge on any atom is 1.00 e. The van der Waals surface area contributed by atoms with Crippen LogP contribution in [0.4, 0.5) is 62.6 Å². The third-order valence-electron chi connectivity index (χ3n) is 5.12. The summed E-state index contributed by atoms with van der Waals surface area (Å²) >= 11 is 0. The summed E-state index contributed by atoms with van der Waals surface area (Å²) < 4.78 is 35.8. The second kappa shape index (κ2) is 12.6. The van der Waals surface area contributed by atoms with Crippen molar-refractivity contribution in [3.05, 3.63) is 72.8 Å². The predicted octanol–water partition coefficient (Wildman–Crippen LogP) is 2.75. The predicted molar refractivity (Wildman–Crippen MR) is 148 cm³/mol. The van der Waals surface area contributed by atoms with Crippen LogP contribution >= 0.6 is 0 Å². The van der Waals surface area contributed by atoms with Gasteiger partial charge in [0.2, 0.25) is 0 Å². The maximum atomic E-state index is 11.9. The number of rotatable bonds is 7. The van der Waals surface area contributed by atoms with Gasteiger partial charge < -0.3 is 33.2 Å². The number of hydrogen-bond donors (Lipinski definition) is 5. The minimum absolute atomic E-state index is 0. The van der Waals surface area contributed by atoms with Gasteiger partial charge in [-0.3, -0.25) is 0 Å². The van der Waals surface area contributed by atoms with E-state index in [2.05, 4.69) is 30.7 Å². The summed E-state index contributed by atoms with van der Waals surface area (Å²) in [5.41, 5.74) is 31.7. The van der Waals surface area contributed by atoms with Crippen LogP contribution in [0.2, 0.25) is 0 Å². The van der Waals surface area contributed by atoms with Crippen LogP contribution in [0, 0.1) is 0 Å². The van der Waals surface area contributed by atoms with Crippen molar-refractivity contribution in [2.75, 3.05) is 28.7 Å². The van der Waals surface area contributed by atoms with Crippen molar-refractivity contribution in [2.45, 2.75) is 4.90 Å². The monoisotopic (exact) mass is 567 g/mol. The second-order valence-corrected chi connectivity index (χ2v) is 9.44. The zero-order valence-electron chi connectivity index (χ0n) is 21.1. The zero-order valence-corrected chi connectivity index (χ0v) is 23.9. The number of anilines is 5. The first-order valence-corrected chi connectivity index (χ1v) is 12.4. The fourth-order valence-electron chi connectivity index (χ4n) is 3.22. The van der Waals surface area contributed by atoms with Crippen molar-refractivity contribution in [3.63, 3.8) is 0 Å².